The van der Waals surface area contributed by atoms with Crippen LogP contribution in [0.5, 0.6) is 0 Å². The number of hydrogen-bond donors (Lipinski definition) is 1. The van der Waals surface area contributed by atoms with E-state index in [2.05, 4.69) is 5.32 Å². The number of benzene rings is 3. The SMILES string of the molecule is CCCNC(=O)C(C)N(Cc1ccccc1C)C(=O)CN(c1ccc(Cl)c(C(F)(F)F)c1)S(=O)(=O)c1ccc(C)cc1. The molecule has 0 fully saturated rings. The van der Waals surface area contributed by atoms with Gasteiger partial charge < -0.3 is 10.2 Å². The van der Waals surface area contributed by atoms with Gasteiger partial charge in [-0.25, -0.2) is 8.42 Å². The van der Waals surface area contributed by atoms with Crippen LogP contribution >= 0.6 is 11.6 Å². The van der Waals surface area contributed by atoms with E-state index in [1.165, 1.54) is 24.0 Å². The van der Waals surface area contributed by atoms with E-state index in [0.717, 1.165) is 28.8 Å². The maximum absolute atomic E-state index is 13.9. The summed E-state index contributed by atoms with van der Waals surface area (Å²) in [5.41, 5.74) is 0.675. The number of carbonyl (C=O) groups is 2. The number of aryl methyl sites for hydroxylation is 2. The second kappa shape index (κ2) is 13.6. The molecule has 1 unspecified atom stereocenters. The van der Waals surface area contributed by atoms with Crippen molar-refractivity contribution in [3.63, 3.8) is 0 Å². The first kappa shape index (κ1) is 32.9. The van der Waals surface area contributed by atoms with Crippen LogP contribution in [0.25, 0.3) is 0 Å². The zero-order chi connectivity index (χ0) is 31.2. The number of carbonyl (C=O) groups excluding carboxylic acids is 2. The van der Waals surface area contributed by atoms with Gasteiger partial charge in [0.05, 0.1) is 21.2 Å². The van der Waals surface area contributed by atoms with E-state index in [0.29, 0.717) is 23.3 Å². The van der Waals surface area contributed by atoms with E-state index < -0.39 is 56.9 Å². The highest BCUT2D eigenvalue weighted by Gasteiger charge is 2.37. The first-order valence-electron chi connectivity index (χ1n) is 13.2. The maximum Gasteiger partial charge on any atom is 0.417 e. The second-order valence-corrected chi connectivity index (χ2v) is 12.2. The van der Waals surface area contributed by atoms with Crippen LogP contribution in [0.3, 0.4) is 0 Å². The van der Waals surface area contributed by atoms with Gasteiger partial charge in [-0.05, 0) is 68.7 Å². The molecule has 3 aromatic rings. The Labute approximate surface area is 249 Å². The molecule has 0 bridgehead atoms. The maximum atomic E-state index is 13.9. The second-order valence-electron chi connectivity index (χ2n) is 9.90. The van der Waals surface area contributed by atoms with Crippen LogP contribution in [0.2, 0.25) is 5.02 Å². The Morgan fingerprint density at radius 3 is 2.24 bits per heavy atom. The van der Waals surface area contributed by atoms with Gasteiger partial charge in [-0.15, -0.1) is 0 Å². The van der Waals surface area contributed by atoms with Crippen LogP contribution in [0.1, 0.15) is 42.5 Å². The molecule has 2 amide bonds. The zero-order valence-corrected chi connectivity index (χ0v) is 25.3. The van der Waals surface area contributed by atoms with Gasteiger partial charge in [0, 0.05) is 13.1 Å². The largest absolute Gasteiger partial charge is 0.417 e. The molecule has 0 spiro atoms. The molecule has 0 aromatic heterocycles. The molecule has 3 rings (SSSR count). The first-order valence-corrected chi connectivity index (χ1v) is 15.1. The summed E-state index contributed by atoms with van der Waals surface area (Å²) in [6.45, 7) is 6.45. The number of halogens is 4. The molecule has 0 heterocycles. The highest BCUT2D eigenvalue weighted by Crippen LogP contribution is 2.38. The number of alkyl halides is 3. The molecule has 0 saturated heterocycles. The Morgan fingerprint density at radius 1 is 1.00 bits per heavy atom. The molecule has 226 valence electrons. The standard InChI is InChI=1S/C30H33ClF3N3O4S/c1-5-16-35-29(39)22(4)36(18-23-9-7-6-8-21(23)3)28(38)19-37(42(40,41)25-13-10-20(2)11-14-25)24-12-15-27(31)26(17-24)30(32,33)34/h6-15,17,22H,5,16,18-19H2,1-4H3,(H,35,39). The lowest BCUT2D eigenvalue weighted by molar-refractivity contribution is -0.139. The molecule has 0 radical (unpaired) electrons. The normalized spacial score (nSPS) is 12.5. The van der Waals surface area contributed by atoms with Crippen molar-refractivity contribution >= 4 is 39.1 Å². The molecule has 1 atom stereocenters. The minimum Gasteiger partial charge on any atom is -0.354 e. The van der Waals surface area contributed by atoms with Crippen molar-refractivity contribution in [2.45, 2.75) is 57.8 Å². The first-order chi connectivity index (χ1) is 19.7. The van der Waals surface area contributed by atoms with Crippen molar-refractivity contribution in [3.8, 4) is 0 Å². The van der Waals surface area contributed by atoms with Crippen molar-refractivity contribution in [1.82, 2.24) is 10.2 Å². The lowest BCUT2D eigenvalue weighted by Gasteiger charge is -2.32. The van der Waals surface area contributed by atoms with Gasteiger partial charge in [0.1, 0.15) is 12.6 Å². The minimum atomic E-state index is -4.88. The fourth-order valence-corrected chi connectivity index (χ4v) is 5.83. The number of amides is 2. The molecule has 12 heteroatoms. The molecule has 0 saturated carbocycles. The summed E-state index contributed by atoms with van der Waals surface area (Å²) in [6, 6.07) is 14.6. The third-order valence-corrected chi connectivity index (χ3v) is 8.87. The van der Waals surface area contributed by atoms with Crippen molar-refractivity contribution in [2.75, 3.05) is 17.4 Å². The third-order valence-electron chi connectivity index (χ3n) is 6.75. The zero-order valence-electron chi connectivity index (χ0n) is 23.7. The molecular formula is C30H33ClF3N3O4S. The predicted molar refractivity (Wildman–Crippen MR) is 157 cm³/mol. The van der Waals surface area contributed by atoms with E-state index in [9.17, 15) is 31.2 Å². The van der Waals surface area contributed by atoms with Gasteiger partial charge in [-0.2, -0.15) is 13.2 Å². The Kier molecular flexibility index (Phi) is 10.7. The molecule has 7 nitrogen and oxygen atoms in total. The van der Waals surface area contributed by atoms with Crippen LogP contribution in [-0.2, 0) is 32.3 Å². The summed E-state index contributed by atoms with van der Waals surface area (Å²) in [5, 5.41) is 2.12. The Bertz CT molecular complexity index is 1530. The van der Waals surface area contributed by atoms with Gasteiger partial charge in [-0.1, -0.05) is 60.5 Å². The van der Waals surface area contributed by atoms with Crippen LogP contribution in [0.15, 0.2) is 71.6 Å². The van der Waals surface area contributed by atoms with Gasteiger partial charge in [0.2, 0.25) is 11.8 Å². The summed E-state index contributed by atoms with van der Waals surface area (Å²) in [5.74, 6) is -1.23. The molecule has 1 N–H and O–H groups in total. The Morgan fingerprint density at radius 2 is 1.64 bits per heavy atom. The third kappa shape index (κ3) is 7.83. The van der Waals surface area contributed by atoms with Gasteiger partial charge in [0.25, 0.3) is 10.0 Å². The van der Waals surface area contributed by atoms with Crippen molar-refractivity contribution in [2.24, 2.45) is 0 Å². The molecule has 0 aliphatic heterocycles. The fraction of sp³-hybridized carbons (Fsp3) is 0.333. The monoisotopic (exact) mass is 623 g/mol. The van der Waals surface area contributed by atoms with Crippen molar-refractivity contribution < 1.29 is 31.2 Å². The van der Waals surface area contributed by atoms with E-state index >= 15 is 0 Å². The average Bonchev–Trinajstić information content (AvgIpc) is 2.93. The number of anilines is 1. The smallest absolute Gasteiger partial charge is 0.354 e. The van der Waals surface area contributed by atoms with E-state index in [1.807, 2.05) is 26.0 Å². The average molecular weight is 624 g/mol. The van der Waals surface area contributed by atoms with Crippen LogP contribution in [0, 0.1) is 13.8 Å². The van der Waals surface area contributed by atoms with Crippen molar-refractivity contribution in [1.29, 1.82) is 0 Å². The Balaban J connectivity index is 2.12. The van der Waals surface area contributed by atoms with Gasteiger partial charge in [-0.3, -0.25) is 13.9 Å². The van der Waals surface area contributed by atoms with E-state index in [-0.39, 0.29) is 11.4 Å². The van der Waals surface area contributed by atoms with Crippen LogP contribution in [-0.4, -0.2) is 44.3 Å². The van der Waals surface area contributed by atoms with E-state index in [4.69, 9.17) is 11.6 Å². The number of hydrogen-bond acceptors (Lipinski definition) is 4. The summed E-state index contributed by atoms with van der Waals surface area (Å²) in [6.07, 6.45) is -4.22. The number of nitrogens with zero attached hydrogens (tertiary/aromatic N) is 2. The lowest BCUT2D eigenvalue weighted by atomic mass is 10.1. The van der Waals surface area contributed by atoms with Crippen LogP contribution in [0.4, 0.5) is 18.9 Å². The lowest BCUT2D eigenvalue weighted by Crippen LogP contribution is -2.51. The highest BCUT2D eigenvalue weighted by atomic mass is 35.5. The molecule has 0 aliphatic rings. The minimum absolute atomic E-state index is 0.0287. The van der Waals surface area contributed by atoms with Gasteiger partial charge in [0.15, 0.2) is 0 Å². The molecule has 3 aromatic carbocycles. The van der Waals surface area contributed by atoms with Crippen LogP contribution < -0.4 is 9.62 Å². The Hall–Kier alpha value is -3.57. The summed E-state index contributed by atoms with van der Waals surface area (Å²) in [4.78, 5) is 27.9. The topological polar surface area (TPSA) is 86.8 Å². The van der Waals surface area contributed by atoms with Gasteiger partial charge >= 0.3 is 6.18 Å². The molecule has 0 aliphatic carbocycles. The number of rotatable bonds is 11. The van der Waals surface area contributed by atoms with E-state index in [1.54, 1.807) is 31.2 Å². The summed E-state index contributed by atoms with van der Waals surface area (Å²) in [7, 11) is -4.54. The fourth-order valence-electron chi connectivity index (χ4n) is 4.20. The summed E-state index contributed by atoms with van der Waals surface area (Å²) < 4.78 is 69.6. The molecular weight excluding hydrogens is 591 g/mol. The highest BCUT2D eigenvalue weighted by molar-refractivity contribution is 7.92. The predicted octanol–water partition coefficient (Wildman–Crippen LogP) is 6.11. The number of nitrogens with one attached hydrogen (secondary N) is 1. The number of sulfonamides is 1. The van der Waals surface area contributed by atoms with Crippen molar-refractivity contribution in [3.05, 3.63) is 94.0 Å². The molecule has 42 heavy (non-hydrogen) atoms. The quantitative estimate of drug-likeness (QED) is 0.279. The summed E-state index contributed by atoms with van der Waals surface area (Å²) >= 11 is 5.81.